The van der Waals surface area contributed by atoms with E-state index in [1.165, 1.54) is 6.92 Å². The van der Waals surface area contributed by atoms with Gasteiger partial charge in [0, 0.05) is 18.7 Å². The van der Waals surface area contributed by atoms with E-state index in [0.717, 1.165) is 11.4 Å². The molecule has 2 aromatic heterocycles. The quantitative estimate of drug-likeness (QED) is 0.509. The zero-order valence-electron chi connectivity index (χ0n) is 17.4. The molecule has 0 saturated carbocycles. The van der Waals surface area contributed by atoms with Crippen molar-refractivity contribution in [2.24, 2.45) is 0 Å². The van der Waals surface area contributed by atoms with Gasteiger partial charge in [-0.3, -0.25) is 4.90 Å². The van der Waals surface area contributed by atoms with E-state index in [4.69, 9.17) is 19.7 Å². The molecule has 2 aliphatic heterocycles. The summed E-state index contributed by atoms with van der Waals surface area (Å²) >= 11 is 0. The maximum absolute atomic E-state index is 10.6. The second kappa shape index (κ2) is 7.76. The lowest BCUT2D eigenvalue weighted by molar-refractivity contribution is -0.146. The number of nitrogen functional groups attached to an aromatic ring is 1. The number of aryl methyl sites for hydroxylation is 1. The van der Waals surface area contributed by atoms with E-state index in [2.05, 4.69) is 37.3 Å². The Kier molecular flexibility index (Phi) is 4.90. The molecule has 3 aromatic rings. The number of ether oxygens (including phenoxy) is 2. The normalized spacial score (nSPS) is 19.3. The molecule has 5 rings (SSSR count). The van der Waals surface area contributed by atoms with Gasteiger partial charge in [0.05, 0.1) is 24.6 Å². The number of fused-ring (bicyclic) bond motifs is 1. The summed E-state index contributed by atoms with van der Waals surface area (Å²) in [6.45, 7) is 4.24. The number of hydrogen-bond donors (Lipinski definition) is 3. The average Bonchev–Trinajstić information content (AvgIpc) is 3.32. The van der Waals surface area contributed by atoms with Crippen molar-refractivity contribution >= 4 is 23.1 Å². The standard InChI is InChI=1S/C21H21N7O4/c1-12-24-18(27-32-12)21(2,29)7-5-13-3-4-15-16(9-13)28(17-6-8-23-19(22)26-17)20(25-15)31-14-10-30-11-14/h3-4,6,8-9,14,20,25,29H,10-11H2,1-2H3,(H2,22,23,26)/t20?,21-/m1/s1. The third kappa shape index (κ3) is 3.82. The van der Waals surface area contributed by atoms with Crippen LogP contribution in [-0.4, -0.2) is 50.9 Å². The molecule has 0 radical (unpaired) electrons. The number of aromatic nitrogens is 4. The van der Waals surface area contributed by atoms with Crippen LogP contribution in [0.3, 0.4) is 0 Å². The SMILES string of the molecule is Cc1nc([C@](C)(O)C#Cc2ccc3c(c2)N(c2ccnc(N)n2)C(OC2COC2)N3)no1. The molecule has 11 heteroatoms. The molecule has 0 spiro atoms. The van der Waals surface area contributed by atoms with E-state index in [9.17, 15) is 5.11 Å². The van der Waals surface area contributed by atoms with Crippen molar-refractivity contribution < 1.29 is 19.1 Å². The number of hydrogen-bond acceptors (Lipinski definition) is 11. The van der Waals surface area contributed by atoms with Crippen LogP contribution >= 0.6 is 0 Å². The second-order valence-corrected chi connectivity index (χ2v) is 7.63. The van der Waals surface area contributed by atoms with E-state index in [1.54, 1.807) is 19.2 Å². The average molecular weight is 435 g/mol. The number of nitrogens with zero attached hydrogens (tertiary/aromatic N) is 5. The van der Waals surface area contributed by atoms with Crippen LogP contribution in [0.25, 0.3) is 0 Å². The Morgan fingerprint density at radius 1 is 1.31 bits per heavy atom. The van der Waals surface area contributed by atoms with Gasteiger partial charge in [0.25, 0.3) is 0 Å². The zero-order chi connectivity index (χ0) is 22.3. The van der Waals surface area contributed by atoms with E-state index < -0.39 is 12.0 Å². The van der Waals surface area contributed by atoms with E-state index in [-0.39, 0.29) is 17.9 Å². The maximum atomic E-state index is 10.6. The van der Waals surface area contributed by atoms with Gasteiger partial charge in [-0.05, 0) is 31.2 Å². The number of rotatable bonds is 4. The highest BCUT2D eigenvalue weighted by molar-refractivity contribution is 5.82. The number of benzene rings is 1. The number of nitrogens with one attached hydrogen (secondary N) is 1. The Balaban J connectivity index is 1.48. The highest BCUT2D eigenvalue weighted by Crippen LogP contribution is 2.40. The Morgan fingerprint density at radius 2 is 2.16 bits per heavy atom. The predicted molar refractivity (Wildman–Crippen MR) is 114 cm³/mol. The molecule has 4 N–H and O–H groups in total. The van der Waals surface area contributed by atoms with Gasteiger partial charge in [0.15, 0.2) is 5.60 Å². The van der Waals surface area contributed by atoms with Crippen molar-refractivity contribution in [2.45, 2.75) is 31.9 Å². The third-order valence-corrected chi connectivity index (χ3v) is 5.02. The minimum atomic E-state index is -1.56. The molecule has 11 nitrogen and oxygen atoms in total. The summed E-state index contributed by atoms with van der Waals surface area (Å²) in [5.41, 5.74) is 6.57. The summed E-state index contributed by atoms with van der Waals surface area (Å²) < 4.78 is 16.3. The summed E-state index contributed by atoms with van der Waals surface area (Å²) in [7, 11) is 0. The lowest BCUT2D eigenvalue weighted by Crippen LogP contribution is -2.45. The summed E-state index contributed by atoms with van der Waals surface area (Å²) in [6, 6.07) is 7.37. The molecule has 0 bridgehead atoms. The van der Waals surface area contributed by atoms with Crippen molar-refractivity contribution in [3.05, 3.63) is 47.7 Å². The molecule has 0 amide bonds. The molecule has 1 saturated heterocycles. The van der Waals surface area contributed by atoms with Gasteiger partial charge in [-0.15, -0.1) is 0 Å². The maximum Gasteiger partial charge on any atom is 0.223 e. The van der Waals surface area contributed by atoms with Crippen molar-refractivity contribution in [1.82, 2.24) is 20.1 Å². The van der Waals surface area contributed by atoms with Crippen LogP contribution in [0.4, 0.5) is 23.1 Å². The van der Waals surface area contributed by atoms with Gasteiger partial charge >= 0.3 is 0 Å². The largest absolute Gasteiger partial charge is 0.376 e. The van der Waals surface area contributed by atoms with Gasteiger partial charge in [-0.1, -0.05) is 17.0 Å². The summed E-state index contributed by atoms with van der Waals surface area (Å²) in [6.07, 6.45) is 1.07. The minimum Gasteiger partial charge on any atom is -0.376 e. The first-order valence-corrected chi connectivity index (χ1v) is 9.97. The molecule has 2 atom stereocenters. The van der Waals surface area contributed by atoms with Crippen LogP contribution in [0.15, 0.2) is 35.0 Å². The Hall–Kier alpha value is -3.72. The highest BCUT2D eigenvalue weighted by atomic mass is 16.6. The first-order chi connectivity index (χ1) is 15.4. The van der Waals surface area contributed by atoms with Gasteiger partial charge in [0.1, 0.15) is 11.9 Å². The first-order valence-electron chi connectivity index (χ1n) is 9.97. The minimum absolute atomic E-state index is 0.0173. The van der Waals surface area contributed by atoms with Gasteiger partial charge in [0.2, 0.25) is 24.0 Å². The molecule has 1 aromatic carbocycles. The summed E-state index contributed by atoms with van der Waals surface area (Å²) in [5.74, 6) is 7.00. The van der Waals surface area contributed by atoms with E-state index in [0.29, 0.717) is 30.5 Å². The monoisotopic (exact) mass is 435 g/mol. The van der Waals surface area contributed by atoms with Gasteiger partial charge < -0.3 is 30.2 Å². The fourth-order valence-electron chi connectivity index (χ4n) is 3.31. The molecule has 2 aliphatic rings. The first kappa shape index (κ1) is 20.2. The predicted octanol–water partition coefficient (Wildman–Crippen LogP) is 1.27. The molecule has 32 heavy (non-hydrogen) atoms. The second-order valence-electron chi connectivity index (χ2n) is 7.63. The van der Waals surface area contributed by atoms with Crippen LogP contribution < -0.4 is 16.0 Å². The van der Waals surface area contributed by atoms with E-state index >= 15 is 0 Å². The number of anilines is 4. The topological polar surface area (TPSA) is 145 Å². The molecular formula is C21H21N7O4. The molecule has 1 unspecified atom stereocenters. The fourth-order valence-corrected chi connectivity index (χ4v) is 3.31. The fraction of sp³-hybridized carbons (Fsp3) is 0.333. The Morgan fingerprint density at radius 3 is 2.84 bits per heavy atom. The third-order valence-electron chi connectivity index (χ3n) is 5.02. The summed E-state index contributed by atoms with van der Waals surface area (Å²) in [4.78, 5) is 14.3. The van der Waals surface area contributed by atoms with Crippen LogP contribution in [0.2, 0.25) is 0 Å². The number of aliphatic hydroxyl groups is 1. The van der Waals surface area contributed by atoms with Crippen molar-refractivity contribution in [3.63, 3.8) is 0 Å². The number of nitrogens with two attached hydrogens (primary N) is 1. The van der Waals surface area contributed by atoms with Crippen LogP contribution in [0.1, 0.15) is 24.2 Å². The van der Waals surface area contributed by atoms with Gasteiger partial charge in [-0.2, -0.15) is 9.97 Å². The highest BCUT2D eigenvalue weighted by Gasteiger charge is 2.35. The zero-order valence-corrected chi connectivity index (χ0v) is 17.4. The molecule has 1 fully saturated rings. The molecule has 4 heterocycles. The van der Waals surface area contributed by atoms with Crippen molar-refractivity contribution in [2.75, 3.05) is 29.2 Å². The Labute approximate surface area is 183 Å². The lowest BCUT2D eigenvalue weighted by Gasteiger charge is -2.33. The van der Waals surface area contributed by atoms with Crippen LogP contribution in [0, 0.1) is 18.8 Å². The lowest BCUT2D eigenvalue weighted by atomic mass is 10.1. The van der Waals surface area contributed by atoms with Crippen molar-refractivity contribution in [1.29, 1.82) is 0 Å². The van der Waals surface area contributed by atoms with Crippen LogP contribution in [-0.2, 0) is 15.1 Å². The Bertz CT molecular complexity index is 1210. The smallest absolute Gasteiger partial charge is 0.223 e. The molecular weight excluding hydrogens is 414 g/mol. The molecule has 164 valence electrons. The van der Waals surface area contributed by atoms with Crippen LogP contribution in [0.5, 0.6) is 0 Å². The summed E-state index contributed by atoms with van der Waals surface area (Å²) in [5, 5.41) is 17.8. The molecule has 0 aliphatic carbocycles. The van der Waals surface area contributed by atoms with Crippen molar-refractivity contribution in [3.8, 4) is 11.8 Å². The van der Waals surface area contributed by atoms with Gasteiger partial charge in [-0.25, -0.2) is 4.98 Å². The van der Waals surface area contributed by atoms with E-state index in [1.807, 2.05) is 23.1 Å².